The molecule has 0 aromatic rings. The number of piperidine rings is 1. The van der Waals surface area contributed by atoms with Crippen LogP contribution >= 0.6 is 0 Å². The van der Waals surface area contributed by atoms with Crippen LogP contribution in [-0.4, -0.2) is 47.3 Å². The van der Waals surface area contributed by atoms with Crippen molar-refractivity contribution in [3.8, 4) is 0 Å². The van der Waals surface area contributed by atoms with Crippen LogP contribution in [0, 0.1) is 0 Å². The number of likely N-dealkylation sites (tertiary alicyclic amines) is 1. The average molecular weight is 243 g/mol. The van der Waals surface area contributed by atoms with Crippen LogP contribution in [0.5, 0.6) is 0 Å². The Bertz CT molecular complexity index is 235. The van der Waals surface area contributed by atoms with Crippen molar-refractivity contribution in [1.29, 1.82) is 0 Å². The van der Waals surface area contributed by atoms with Crippen molar-refractivity contribution in [3.63, 3.8) is 0 Å². The summed E-state index contributed by atoms with van der Waals surface area (Å²) < 4.78 is 4.84. The summed E-state index contributed by atoms with van der Waals surface area (Å²) in [5, 5.41) is 9.89. The van der Waals surface area contributed by atoms with Crippen molar-refractivity contribution >= 4 is 5.97 Å². The van der Waals surface area contributed by atoms with E-state index in [2.05, 4.69) is 18.7 Å². The predicted octanol–water partition coefficient (Wildman–Crippen LogP) is 1.56. The van der Waals surface area contributed by atoms with Crippen LogP contribution in [0.2, 0.25) is 0 Å². The zero-order chi connectivity index (χ0) is 12.8. The molecule has 0 amide bonds. The van der Waals surface area contributed by atoms with Gasteiger partial charge in [-0.2, -0.15) is 0 Å². The summed E-state index contributed by atoms with van der Waals surface area (Å²) in [6, 6.07) is 0.992. The van der Waals surface area contributed by atoms with Gasteiger partial charge in [-0.1, -0.05) is 6.42 Å². The van der Waals surface area contributed by atoms with E-state index in [0.717, 1.165) is 0 Å². The van der Waals surface area contributed by atoms with Crippen LogP contribution in [0.3, 0.4) is 0 Å². The Morgan fingerprint density at radius 2 is 2.00 bits per heavy atom. The molecule has 0 spiro atoms. The van der Waals surface area contributed by atoms with Gasteiger partial charge in [0.2, 0.25) is 0 Å². The van der Waals surface area contributed by atoms with Crippen LogP contribution in [0.15, 0.2) is 0 Å². The number of hydrogen-bond acceptors (Lipinski definition) is 4. The minimum absolute atomic E-state index is 0.101. The maximum atomic E-state index is 11.3. The number of aliphatic hydroxyl groups is 1. The molecule has 4 heteroatoms. The molecular formula is C13H25NO3. The van der Waals surface area contributed by atoms with Crippen molar-refractivity contribution < 1.29 is 14.6 Å². The molecule has 0 aliphatic carbocycles. The number of ether oxygens (including phenoxy) is 1. The van der Waals surface area contributed by atoms with Crippen molar-refractivity contribution in [1.82, 2.24) is 4.90 Å². The standard InChI is InChI=1S/C13H25NO3/c1-4-17-13(16)8-12(15)9-14-10(2)6-5-7-11(14)3/h10-12,15H,4-9H2,1-3H3. The van der Waals surface area contributed by atoms with E-state index in [1.54, 1.807) is 6.92 Å². The number of carbonyl (C=O) groups is 1. The molecule has 0 radical (unpaired) electrons. The molecule has 3 unspecified atom stereocenters. The molecule has 0 saturated carbocycles. The zero-order valence-corrected chi connectivity index (χ0v) is 11.2. The fourth-order valence-electron chi connectivity index (χ4n) is 2.55. The number of esters is 1. The fraction of sp³-hybridized carbons (Fsp3) is 0.923. The Morgan fingerprint density at radius 3 is 2.53 bits per heavy atom. The van der Waals surface area contributed by atoms with Gasteiger partial charge < -0.3 is 9.84 Å². The van der Waals surface area contributed by atoms with Gasteiger partial charge in [0.05, 0.1) is 19.1 Å². The SMILES string of the molecule is CCOC(=O)CC(O)CN1C(C)CCCC1C. The summed E-state index contributed by atoms with van der Waals surface area (Å²) >= 11 is 0. The van der Waals surface area contributed by atoms with E-state index in [1.165, 1.54) is 19.3 Å². The highest BCUT2D eigenvalue weighted by Crippen LogP contribution is 2.22. The Kier molecular flexibility index (Phi) is 5.92. The van der Waals surface area contributed by atoms with Crippen LogP contribution in [0.4, 0.5) is 0 Å². The molecule has 1 rings (SSSR count). The molecule has 17 heavy (non-hydrogen) atoms. The molecule has 100 valence electrons. The molecule has 1 heterocycles. The summed E-state index contributed by atoms with van der Waals surface area (Å²) in [4.78, 5) is 13.6. The lowest BCUT2D eigenvalue weighted by molar-refractivity contribution is -0.145. The second-order valence-corrected chi connectivity index (χ2v) is 4.99. The van der Waals surface area contributed by atoms with Crippen molar-refractivity contribution in [2.45, 2.75) is 64.6 Å². The Labute approximate surface area is 104 Å². The fourth-order valence-corrected chi connectivity index (χ4v) is 2.55. The lowest BCUT2D eigenvalue weighted by atomic mass is 9.97. The maximum Gasteiger partial charge on any atom is 0.308 e. The quantitative estimate of drug-likeness (QED) is 0.745. The first-order valence-electron chi connectivity index (χ1n) is 6.64. The molecule has 3 atom stereocenters. The Hall–Kier alpha value is -0.610. The monoisotopic (exact) mass is 243 g/mol. The van der Waals surface area contributed by atoms with E-state index in [9.17, 15) is 9.90 Å². The Balaban J connectivity index is 2.38. The Morgan fingerprint density at radius 1 is 1.41 bits per heavy atom. The predicted molar refractivity (Wildman–Crippen MR) is 66.7 cm³/mol. The highest BCUT2D eigenvalue weighted by molar-refractivity contribution is 5.69. The molecule has 1 saturated heterocycles. The van der Waals surface area contributed by atoms with Gasteiger partial charge in [0.25, 0.3) is 0 Å². The smallest absolute Gasteiger partial charge is 0.308 e. The largest absolute Gasteiger partial charge is 0.466 e. The molecule has 1 fully saturated rings. The summed E-state index contributed by atoms with van der Waals surface area (Å²) in [6.07, 6.45) is 3.10. The third kappa shape index (κ3) is 4.64. The first-order chi connectivity index (χ1) is 8.04. The van der Waals surface area contributed by atoms with E-state index in [4.69, 9.17) is 4.74 Å². The van der Waals surface area contributed by atoms with Gasteiger partial charge in [0.1, 0.15) is 0 Å². The number of nitrogens with zero attached hydrogens (tertiary/aromatic N) is 1. The van der Waals surface area contributed by atoms with Crippen molar-refractivity contribution in [2.75, 3.05) is 13.2 Å². The number of rotatable bonds is 5. The van der Waals surface area contributed by atoms with Crippen LogP contribution in [-0.2, 0) is 9.53 Å². The normalized spacial score (nSPS) is 27.8. The van der Waals surface area contributed by atoms with E-state index in [-0.39, 0.29) is 12.4 Å². The van der Waals surface area contributed by atoms with E-state index < -0.39 is 6.10 Å². The second kappa shape index (κ2) is 6.97. The highest BCUT2D eigenvalue weighted by Gasteiger charge is 2.27. The van der Waals surface area contributed by atoms with Crippen LogP contribution in [0.25, 0.3) is 0 Å². The summed E-state index contributed by atoms with van der Waals surface area (Å²) in [5.74, 6) is -0.308. The van der Waals surface area contributed by atoms with Gasteiger partial charge in [0.15, 0.2) is 0 Å². The highest BCUT2D eigenvalue weighted by atomic mass is 16.5. The number of aliphatic hydroxyl groups excluding tert-OH is 1. The lowest BCUT2D eigenvalue weighted by Gasteiger charge is -2.39. The molecular weight excluding hydrogens is 218 g/mol. The van der Waals surface area contributed by atoms with Gasteiger partial charge in [-0.25, -0.2) is 0 Å². The van der Waals surface area contributed by atoms with Gasteiger partial charge in [0, 0.05) is 18.6 Å². The molecule has 1 aliphatic rings. The van der Waals surface area contributed by atoms with Crippen LogP contribution < -0.4 is 0 Å². The van der Waals surface area contributed by atoms with Gasteiger partial charge >= 0.3 is 5.97 Å². The number of carbonyl (C=O) groups excluding carboxylic acids is 1. The first kappa shape index (κ1) is 14.5. The van der Waals surface area contributed by atoms with Crippen molar-refractivity contribution in [2.24, 2.45) is 0 Å². The molecule has 1 N–H and O–H groups in total. The summed E-state index contributed by atoms with van der Waals surface area (Å²) in [6.45, 7) is 7.10. The minimum atomic E-state index is -0.614. The molecule has 1 aliphatic heterocycles. The molecule has 4 nitrogen and oxygen atoms in total. The van der Waals surface area contributed by atoms with Crippen LogP contribution in [0.1, 0.15) is 46.5 Å². The van der Waals surface area contributed by atoms with Gasteiger partial charge in [-0.05, 0) is 33.6 Å². The summed E-state index contributed by atoms with van der Waals surface area (Å²) in [7, 11) is 0. The summed E-state index contributed by atoms with van der Waals surface area (Å²) in [5.41, 5.74) is 0. The zero-order valence-electron chi connectivity index (χ0n) is 11.2. The third-order valence-electron chi connectivity index (χ3n) is 3.51. The minimum Gasteiger partial charge on any atom is -0.466 e. The van der Waals surface area contributed by atoms with E-state index in [0.29, 0.717) is 25.2 Å². The molecule has 0 bridgehead atoms. The number of hydrogen-bond donors (Lipinski definition) is 1. The second-order valence-electron chi connectivity index (χ2n) is 4.99. The van der Waals surface area contributed by atoms with Crippen molar-refractivity contribution in [3.05, 3.63) is 0 Å². The van der Waals surface area contributed by atoms with E-state index in [1.807, 2.05) is 0 Å². The van der Waals surface area contributed by atoms with Gasteiger partial charge in [-0.3, -0.25) is 9.69 Å². The average Bonchev–Trinajstić information content (AvgIpc) is 2.24. The lowest BCUT2D eigenvalue weighted by Crippen LogP contribution is -2.47. The third-order valence-corrected chi connectivity index (χ3v) is 3.51. The molecule has 0 aromatic heterocycles. The van der Waals surface area contributed by atoms with Gasteiger partial charge in [-0.15, -0.1) is 0 Å². The first-order valence-corrected chi connectivity index (χ1v) is 6.64. The maximum absolute atomic E-state index is 11.3. The van der Waals surface area contributed by atoms with E-state index >= 15 is 0 Å². The number of β-amino-alcohol motifs (C(OH)–C–C–N with tert-alkyl or cyclic N) is 1. The topological polar surface area (TPSA) is 49.8 Å². The molecule has 0 aromatic carbocycles.